The molecule has 0 unspecified atom stereocenters. The number of hydrogen-bond donors (Lipinski definition) is 4. The SMILES string of the molecule is CSc1ccc(NC(=O)N[C@@H](CCC(=O)O)C(=O)O)cc1. The van der Waals surface area contributed by atoms with Crippen molar-refractivity contribution in [2.24, 2.45) is 0 Å². The largest absolute Gasteiger partial charge is 0.481 e. The molecule has 1 atom stereocenters. The molecule has 0 fully saturated rings. The summed E-state index contributed by atoms with van der Waals surface area (Å²) in [7, 11) is 0. The Morgan fingerprint density at radius 3 is 2.29 bits per heavy atom. The molecule has 0 spiro atoms. The number of amides is 2. The number of carboxylic acids is 2. The average molecular weight is 312 g/mol. The standard InChI is InChI=1S/C13H16N2O5S/c1-21-9-4-2-8(3-5-9)14-13(20)15-10(12(18)19)6-7-11(16)17/h2-5,10H,6-7H2,1H3,(H,16,17)(H,18,19)(H2,14,15,20)/t10-/m0/s1. The molecular weight excluding hydrogens is 296 g/mol. The Hall–Kier alpha value is -2.22. The van der Waals surface area contributed by atoms with Gasteiger partial charge in [0.25, 0.3) is 0 Å². The van der Waals surface area contributed by atoms with Crippen molar-refractivity contribution >= 4 is 35.4 Å². The maximum atomic E-state index is 11.7. The van der Waals surface area contributed by atoms with Gasteiger partial charge in [0.2, 0.25) is 0 Å². The molecule has 1 aromatic rings. The maximum absolute atomic E-state index is 11.7. The maximum Gasteiger partial charge on any atom is 0.326 e. The van der Waals surface area contributed by atoms with E-state index in [1.807, 2.05) is 18.4 Å². The van der Waals surface area contributed by atoms with Crippen LogP contribution in [-0.2, 0) is 9.59 Å². The van der Waals surface area contributed by atoms with Crippen LogP contribution in [0.25, 0.3) is 0 Å². The topological polar surface area (TPSA) is 116 Å². The van der Waals surface area contributed by atoms with Gasteiger partial charge in [-0.25, -0.2) is 9.59 Å². The third-order valence-corrected chi connectivity index (χ3v) is 3.34. The molecule has 0 saturated heterocycles. The zero-order chi connectivity index (χ0) is 15.8. The second-order valence-corrected chi connectivity index (χ2v) is 5.03. The van der Waals surface area contributed by atoms with Gasteiger partial charge in [-0.15, -0.1) is 11.8 Å². The first-order chi connectivity index (χ1) is 9.92. The molecule has 0 aliphatic rings. The van der Waals surface area contributed by atoms with Crippen molar-refractivity contribution in [1.82, 2.24) is 5.32 Å². The third-order valence-electron chi connectivity index (χ3n) is 2.60. The predicted octanol–water partition coefficient (Wildman–Crippen LogP) is 1.85. The fourth-order valence-corrected chi connectivity index (χ4v) is 1.93. The van der Waals surface area contributed by atoms with E-state index in [1.54, 1.807) is 23.9 Å². The van der Waals surface area contributed by atoms with E-state index in [9.17, 15) is 14.4 Å². The van der Waals surface area contributed by atoms with Crippen LogP contribution in [0.5, 0.6) is 0 Å². The van der Waals surface area contributed by atoms with Crippen LogP contribution >= 0.6 is 11.8 Å². The molecule has 8 heteroatoms. The molecule has 0 aliphatic carbocycles. The Balaban J connectivity index is 2.56. The van der Waals surface area contributed by atoms with Crippen molar-refractivity contribution in [3.63, 3.8) is 0 Å². The second-order valence-electron chi connectivity index (χ2n) is 4.15. The van der Waals surface area contributed by atoms with E-state index >= 15 is 0 Å². The zero-order valence-electron chi connectivity index (χ0n) is 11.3. The summed E-state index contributed by atoms with van der Waals surface area (Å²) in [6, 6.07) is 5.09. The molecule has 0 bridgehead atoms. The molecular formula is C13H16N2O5S. The summed E-state index contributed by atoms with van der Waals surface area (Å²) in [5.41, 5.74) is 0.521. The molecule has 0 radical (unpaired) electrons. The van der Waals surface area contributed by atoms with Gasteiger partial charge in [0.1, 0.15) is 6.04 Å². The average Bonchev–Trinajstić information content (AvgIpc) is 2.43. The lowest BCUT2D eigenvalue weighted by Crippen LogP contribution is -2.43. The molecule has 0 aliphatic heterocycles. The smallest absolute Gasteiger partial charge is 0.326 e. The highest BCUT2D eigenvalue weighted by molar-refractivity contribution is 7.98. The number of nitrogens with one attached hydrogen (secondary N) is 2. The molecule has 0 heterocycles. The van der Waals surface area contributed by atoms with Crippen molar-refractivity contribution in [2.45, 2.75) is 23.8 Å². The summed E-state index contributed by atoms with van der Waals surface area (Å²) >= 11 is 1.56. The molecule has 0 saturated carbocycles. The van der Waals surface area contributed by atoms with Crippen LogP contribution < -0.4 is 10.6 Å². The van der Waals surface area contributed by atoms with Crippen LogP contribution in [0.3, 0.4) is 0 Å². The van der Waals surface area contributed by atoms with Gasteiger partial charge < -0.3 is 20.8 Å². The highest BCUT2D eigenvalue weighted by Gasteiger charge is 2.20. The Labute approximate surface area is 125 Å². The van der Waals surface area contributed by atoms with Gasteiger partial charge in [0.15, 0.2) is 0 Å². The van der Waals surface area contributed by atoms with Crippen LogP contribution in [0.15, 0.2) is 29.2 Å². The van der Waals surface area contributed by atoms with E-state index in [-0.39, 0.29) is 12.8 Å². The molecule has 4 N–H and O–H groups in total. The van der Waals surface area contributed by atoms with E-state index in [0.29, 0.717) is 5.69 Å². The zero-order valence-corrected chi connectivity index (χ0v) is 12.1. The number of urea groups is 1. The summed E-state index contributed by atoms with van der Waals surface area (Å²) in [4.78, 5) is 34.1. The Bertz CT molecular complexity index is 518. The lowest BCUT2D eigenvalue weighted by Gasteiger charge is -2.14. The second kappa shape index (κ2) is 8.15. The molecule has 2 amide bonds. The number of carbonyl (C=O) groups is 3. The predicted molar refractivity (Wildman–Crippen MR) is 78.7 cm³/mol. The molecule has 1 rings (SSSR count). The number of carboxylic acid groups (broad SMARTS) is 2. The number of hydrogen-bond acceptors (Lipinski definition) is 4. The monoisotopic (exact) mass is 312 g/mol. The van der Waals surface area contributed by atoms with Crippen molar-refractivity contribution < 1.29 is 24.6 Å². The number of anilines is 1. The molecule has 21 heavy (non-hydrogen) atoms. The quantitative estimate of drug-likeness (QED) is 0.571. The van der Waals surface area contributed by atoms with E-state index in [4.69, 9.17) is 10.2 Å². The molecule has 7 nitrogen and oxygen atoms in total. The van der Waals surface area contributed by atoms with Gasteiger partial charge >= 0.3 is 18.0 Å². The van der Waals surface area contributed by atoms with Crippen molar-refractivity contribution in [3.8, 4) is 0 Å². The Morgan fingerprint density at radius 1 is 1.19 bits per heavy atom. The number of aliphatic carboxylic acids is 2. The minimum Gasteiger partial charge on any atom is -0.481 e. The van der Waals surface area contributed by atoms with Crippen molar-refractivity contribution in [3.05, 3.63) is 24.3 Å². The fourth-order valence-electron chi connectivity index (χ4n) is 1.52. The van der Waals surface area contributed by atoms with Crippen LogP contribution in [0.4, 0.5) is 10.5 Å². The van der Waals surface area contributed by atoms with E-state index in [1.165, 1.54) is 0 Å². The van der Waals surface area contributed by atoms with Crippen LogP contribution in [-0.4, -0.2) is 40.5 Å². The number of rotatable bonds is 7. The van der Waals surface area contributed by atoms with Gasteiger partial charge in [0.05, 0.1) is 0 Å². The normalized spacial score (nSPS) is 11.5. The van der Waals surface area contributed by atoms with Crippen molar-refractivity contribution in [2.75, 3.05) is 11.6 Å². The minimum atomic E-state index is -1.27. The van der Waals surface area contributed by atoms with E-state index in [0.717, 1.165) is 4.90 Å². The summed E-state index contributed by atoms with van der Waals surface area (Å²) in [5.74, 6) is -2.39. The number of thioether (sulfide) groups is 1. The van der Waals surface area contributed by atoms with Crippen LogP contribution in [0.2, 0.25) is 0 Å². The highest BCUT2D eigenvalue weighted by atomic mass is 32.2. The van der Waals surface area contributed by atoms with Gasteiger partial charge in [-0.1, -0.05) is 0 Å². The molecule has 114 valence electrons. The third kappa shape index (κ3) is 6.17. The number of benzene rings is 1. The lowest BCUT2D eigenvalue weighted by atomic mass is 10.1. The van der Waals surface area contributed by atoms with E-state index in [2.05, 4.69) is 10.6 Å². The Morgan fingerprint density at radius 2 is 1.81 bits per heavy atom. The summed E-state index contributed by atoms with van der Waals surface area (Å²) in [6.07, 6.45) is 1.41. The minimum absolute atomic E-state index is 0.177. The lowest BCUT2D eigenvalue weighted by molar-refractivity contribution is -0.140. The van der Waals surface area contributed by atoms with E-state index < -0.39 is 24.0 Å². The molecule has 0 aromatic heterocycles. The fraction of sp³-hybridized carbons (Fsp3) is 0.308. The van der Waals surface area contributed by atoms with Crippen molar-refractivity contribution in [1.29, 1.82) is 0 Å². The summed E-state index contributed by atoms with van der Waals surface area (Å²) in [5, 5.41) is 22.2. The first-order valence-electron chi connectivity index (χ1n) is 6.08. The summed E-state index contributed by atoms with van der Waals surface area (Å²) in [6.45, 7) is 0. The van der Waals surface area contributed by atoms with Gasteiger partial charge in [-0.05, 0) is 36.9 Å². The molecule has 1 aromatic carbocycles. The first kappa shape index (κ1) is 16.8. The van der Waals surface area contributed by atoms with Gasteiger partial charge in [-0.2, -0.15) is 0 Å². The first-order valence-corrected chi connectivity index (χ1v) is 7.31. The Kier molecular flexibility index (Phi) is 6.54. The highest BCUT2D eigenvalue weighted by Crippen LogP contribution is 2.17. The van der Waals surface area contributed by atoms with Crippen LogP contribution in [0, 0.1) is 0 Å². The summed E-state index contributed by atoms with van der Waals surface area (Å²) < 4.78 is 0. The van der Waals surface area contributed by atoms with Gasteiger partial charge in [-0.3, -0.25) is 4.79 Å². The van der Waals surface area contributed by atoms with Crippen LogP contribution in [0.1, 0.15) is 12.8 Å². The number of carbonyl (C=O) groups excluding carboxylic acids is 1. The van der Waals surface area contributed by atoms with Gasteiger partial charge in [0, 0.05) is 17.0 Å².